The lowest BCUT2D eigenvalue weighted by atomic mass is 10.0. The largest absolute Gasteiger partial charge is 0.790 e. The standard InChI is InChI=1S/C55H92O7P2/c1-45(2)23-13-24-46(3)25-14-26-47(4)27-15-28-48(5)29-16-30-49(6)31-17-32-50(7)33-18-34-51(8)35-19-36-52(9)37-20-38-53(10)39-21-40-54(11)41-22-42-55(12)43-44-61-64(59,60)62-63(56,57)58/h23,25,27,29,31,33,35,37,39,41,43H,13-22,24,26,28,30,32,34,36,38,40,42,44H2,1-12H3,(H,59,60)(H2,56,57,58)/p-3/b46-25+,47-27+,48-29+,49-31+,50-33-,51-35-,52-37-,53-39-,54-41-,55-43-. The van der Waals surface area contributed by atoms with Gasteiger partial charge in [0, 0.05) is 0 Å². The highest BCUT2D eigenvalue weighted by Gasteiger charge is 2.10. The molecule has 0 fully saturated rings. The molecule has 0 bridgehead atoms. The lowest BCUT2D eigenvalue weighted by Gasteiger charge is -2.34. The summed E-state index contributed by atoms with van der Waals surface area (Å²) in [6.45, 7) is 26.0. The van der Waals surface area contributed by atoms with Gasteiger partial charge in [-0.15, -0.1) is 0 Å². The lowest BCUT2D eigenvalue weighted by molar-refractivity contribution is -0.339. The van der Waals surface area contributed by atoms with E-state index < -0.39 is 22.3 Å². The highest BCUT2D eigenvalue weighted by atomic mass is 31.3. The van der Waals surface area contributed by atoms with E-state index in [0.717, 1.165) is 115 Å². The molecule has 0 saturated heterocycles. The third-order valence-electron chi connectivity index (χ3n) is 11.2. The van der Waals surface area contributed by atoms with Crippen molar-refractivity contribution in [3.05, 3.63) is 128 Å². The van der Waals surface area contributed by atoms with E-state index in [1.807, 2.05) is 6.92 Å². The number of hydrogen-bond acceptors (Lipinski definition) is 7. The van der Waals surface area contributed by atoms with Gasteiger partial charge in [0.15, 0.2) is 0 Å². The van der Waals surface area contributed by atoms with Crippen molar-refractivity contribution in [2.45, 2.75) is 212 Å². The second-order valence-electron chi connectivity index (χ2n) is 18.4. The van der Waals surface area contributed by atoms with Gasteiger partial charge >= 0.3 is 0 Å². The summed E-state index contributed by atoms with van der Waals surface area (Å²) in [5, 5.41) is 0. The van der Waals surface area contributed by atoms with Gasteiger partial charge in [-0.25, -0.2) is 0 Å². The Balaban J connectivity index is 4.31. The predicted molar refractivity (Wildman–Crippen MR) is 272 cm³/mol. The van der Waals surface area contributed by atoms with Crippen molar-refractivity contribution in [2.24, 2.45) is 0 Å². The zero-order valence-electron chi connectivity index (χ0n) is 42.5. The summed E-state index contributed by atoms with van der Waals surface area (Å²) in [4.78, 5) is 32.3. The molecule has 0 aromatic carbocycles. The van der Waals surface area contributed by atoms with Crippen molar-refractivity contribution >= 4 is 15.6 Å². The zero-order valence-corrected chi connectivity index (χ0v) is 44.2. The quantitative estimate of drug-likeness (QED) is 0.0458. The summed E-state index contributed by atoms with van der Waals surface area (Å²) in [5.41, 5.74) is 15.5. The summed E-state index contributed by atoms with van der Waals surface area (Å²) in [7, 11) is -10.9. The topological polar surface area (TPSA) is 122 Å². The molecular formula is C55H89O7P2-3. The van der Waals surface area contributed by atoms with Crippen molar-refractivity contribution in [1.29, 1.82) is 0 Å². The maximum Gasteiger partial charge on any atom is 0.272 e. The third-order valence-corrected chi connectivity index (χ3v) is 13.3. The van der Waals surface area contributed by atoms with E-state index in [1.54, 1.807) is 0 Å². The Morgan fingerprint density at radius 3 is 0.703 bits per heavy atom. The van der Waals surface area contributed by atoms with Crippen molar-refractivity contribution in [3.63, 3.8) is 0 Å². The molecule has 0 saturated carbocycles. The van der Waals surface area contributed by atoms with Crippen LogP contribution in [-0.2, 0) is 18.0 Å². The molecule has 0 aromatic rings. The second-order valence-corrected chi connectivity index (χ2v) is 21.1. The number of rotatable bonds is 35. The van der Waals surface area contributed by atoms with Crippen molar-refractivity contribution in [3.8, 4) is 0 Å². The van der Waals surface area contributed by atoms with Crippen LogP contribution in [0, 0.1) is 0 Å². The first-order valence-corrected chi connectivity index (χ1v) is 26.9. The number of allylic oxidation sites excluding steroid dienone is 21. The molecule has 64 heavy (non-hydrogen) atoms. The number of phosphoric acid groups is 2. The van der Waals surface area contributed by atoms with Crippen molar-refractivity contribution in [2.75, 3.05) is 6.61 Å². The van der Waals surface area contributed by atoms with E-state index in [-0.39, 0.29) is 0 Å². The Bertz CT molecular complexity index is 1800. The van der Waals surface area contributed by atoms with Crippen LogP contribution in [0.4, 0.5) is 0 Å². The smallest absolute Gasteiger partial charge is 0.272 e. The fourth-order valence-electron chi connectivity index (χ4n) is 6.94. The monoisotopic (exact) mass is 924 g/mol. The molecular weight excluding hydrogens is 835 g/mol. The lowest BCUT2D eigenvalue weighted by Crippen LogP contribution is -2.19. The number of hydrogen-bond donors (Lipinski definition) is 0. The molecule has 0 aliphatic heterocycles. The van der Waals surface area contributed by atoms with E-state index >= 15 is 0 Å². The van der Waals surface area contributed by atoms with Gasteiger partial charge in [0.25, 0.3) is 7.82 Å². The van der Waals surface area contributed by atoms with Gasteiger partial charge < -0.3 is 23.8 Å². The molecule has 1 unspecified atom stereocenters. The molecule has 0 amide bonds. The van der Waals surface area contributed by atoms with E-state index in [9.17, 15) is 23.8 Å². The minimum atomic E-state index is -5.67. The SMILES string of the molecule is CC(C)=CCC/C(C)=C/CC/C(C)=C/CC/C(C)=C/CC/C(C)=C/CC/C(C)=C\CC/C(C)=C\CC/C(C)=C\CC/C(C)=C\CC/C(C)=C\CC/C(C)=C\COP(=O)([O-])OP(=O)([O-])[O-]. The van der Waals surface area contributed by atoms with Crippen LogP contribution in [0.25, 0.3) is 0 Å². The van der Waals surface area contributed by atoms with Crippen LogP contribution in [0.15, 0.2) is 128 Å². The van der Waals surface area contributed by atoms with Crippen molar-refractivity contribution in [1.82, 2.24) is 0 Å². The molecule has 0 heterocycles. The van der Waals surface area contributed by atoms with Crippen molar-refractivity contribution < 1.29 is 32.6 Å². The first-order chi connectivity index (χ1) is 30.1. The van der Waals surface area contributed by atoms with E-state index in [1.165, 1.54) is 74.6 Å². The highest BCUT2D eigenvalue weighted by molar-refractivity contribution is 7.58. The molecule has 0 aliphatic carbocycles. The molecule has 364 valence electrons. The van der Waals surface area contributed by atoms with Crippen LogP contribution in [0.3, 0.4) is 0 Å². The molecule has 0 aromatic heterocycles. The summed E-state index contributed by atoms with van der Waals surface area (Å²) in [6.07, 6.45) is 46.9. The summed E-state index contributed by atoms with van der Waals surface area (Å²) < 4.78 is 29.7. The van der Waals surface area contributed by atoms with Gasteiger partial charge in [-0.1, -0.05) is 128 Å². The maximum absolute atomic E-state index is 11.3. The molecule has 0 N–H and O–H groups in total. The Morgan fingerprint density at radius 1 is 0.328 bits per heavy atom. The van der Waals surface area contributed by atoms with Gasteiger partial charge in [0.1, 0.15) is 0 Å². The molecule has 0 aliphatic rings. The molecule has 0 spiro atoms. The number of phosphoric ester groups is 1. The Labute approximate surface area is 393 Å². The molecule has 1 atom stereocenters. The van der Waals surface area contributed by atoms with Crippen LogP contribution in [0.5, 0.6) is 0 Å². The molecule has 0 radical (unpaired) electrons. The molecule has 9 heteroatoms. The minimum absolute atomic E-state index is 0.392. The first-order valence-electron chi connectivity index (χ1n) is 24.0. The van der Waals surface area contributed by atoms with Gasteiger partial charge in [0.05, 0.1) is 14.4 Å². The highest BCUT2D eigenvalue weighted by Crippen LogP contribution is 2.50. The van der Waals surface area contributed by atoms with Crippen LogP contribution in [-0.4, -0.2) is 6.61 Å². The predicted octanol–water partition coefficient (Wildman–Crippen LogP) is 16.5. The maximum atomic E-state index is 11.3. The van der Waals surface area contributed by atoms with Crippen LogP contribution in [0.1, 0.15) is 212 Å². The van der Waals surface area contributed by atoms with Gasteiger partial charge in [-0.2, -0.15) is 0 Å². The average Bonchev–Trinajstić information content (AvgIpc) is 3.16. The van der Waals surface area contributed by atoms with E-state index in [0.29, 0.717) is 6.42 Å². The van der Waals surface area contributed by atoms with E-state index in [4.69, 9.17) is 0 Å². The van der Waals surface area contributed by atoms with Gasteiger partial charge in [-0.05, 0) is 212 Å². The van der Waals surface area contributed by atoms with Crippen LogP contribution >= 0.6 is 15.6 Å². The van der Waals surface area contributed by atoms with E-state index in [2.05, 4.69) is 146 Å². The summed E-state index contributed by atoms with van der Waals surface area (Å²) in [6, 6.07) is 0. The zero-order chi connectivity index (χ0) is 48.4. The molecule has 7 nitrogen and oxygen atoms in total. The van der Waals surface area contributed by atoms with Crippen LogP contribution in [0.2, 0.25) is 0 Å². The Kier molecular flexibility index (Phi) is 35.0. The van der Waals surface area contributed by atoms with Gasteiger partial charge in [-0.3, -0.25) is 8.88 Å². The Hall–Kier alpha value is -2.60. The van der Waals surface area contributed by atoms with Crippen LogP contribution < -0.4 is 14.7 Å². The fraction of sp³-hybridized carbons (Fsp3) is 0.600. The Morgan fingerprint density at radius 2 is 0.516 bits per heavy atom. The summed E-state index contributed by atoms with van der Waals surface area (Å²) in [5.74, 6) is 0. The molecule has 0 rings (SSSR count). The average molecular weight is 924 g/mol. The third kappa shape index (κ3) is 40.9. The normalized spacial score (nSPS) is 15.9. The van der Waals surface area contributed by atoms with Gasteiger partial charge in [0.2, 0.25) is 0 Å². The second kappa shape index (κ2) is 36.5. The first kappa shape index (κ1) is 61.4. The minimum Gasteiger partial charge on any atom is -0.790 e. The fourth-order valence-corrected chi connectivity index (χ4v) is 8.37. The summed E-state index contributed by atoms with van der Waals surface area (Å²) >= 11 is 0.